The van der Waals surface area contributed by atoms with Crippen LogP contribution in [0.25, 0.3) is 0 Å². The fraction of sp³-hybridized carbons (Fsp3) is 0.316. The van der Waals surface area contributed by atoms with Crippen molar-refractivity contribution < 1.29 is 9.59 Å². The monoisotopic (exact) mass is 338 g/mol. The Morgan fingerprint density at radius 3 is 2.76 bits per heavy atom. The second kappa shape index (κ2) is 7.90. The lowest BCUT2D eigenvalue weighted by molar-refractivity contribution is 0.0919. The molecule has 1 aromatic carbocycles. The number of aromatic nitrogens is 1. The van der Waals surface area contributed by atoms with Crippen molar-refractivity contribution in [3.8, 4) is 0 Å². The quantitative estimate of drug-likeness (QED) is 0.798. The predicted octanol–water partition coefficient (Wildman–Crippen LogP) is 2.20. The first-order chi connectivity index (χ1) is 12.1. The first-order valence-electron chi connectivity index (χ1n) is 8.49. The summed E-state index contributed by atoms with van der Waals surface area (Å²) in [7, 11) is 0. The third kappa shape index (κ3) is 4.42. The molecule has 2 heterocycles. The highest BCUT2D eigenvalue weighted by atomic mass is 16.2. The minimum atomic E-state index is -0.254. The maximum Gasteiger partial charge on any atom is 0.257 e. The molecule has 0 bridgehead atoms. The summed E-state index contributed by atoms with van der Waals surface area (Å²) in [5.74, 6) is -0.381. The van der Waals surface area contributed by atoms with Gasteiger partial charge in [-0.2, -0.15) is 0 Å². The van der Waals surface area contributed by atoms with Crippen molar-refractivity contribution in [1.29, 1.82) is 0 Å². The van der Waals surface area contributed by atoms with Gasteiger partial charge in [-0.1, -0.05) is 6.07 Å². The van der Waals surface area contributed by atoms with Crippen LogP contribution in [0.15, 0.2) is 48.8 Å². The summed E-state index contributed by atoms with van der Waals surface area (Å²) in [5, 5.41) is 9.23. The number of carbonyl (C=O) groups is 2. The number of nitrogens with one attached hydrogen (secondary N) is 3. The Labute approximate surface area is 147 Å². The van der Waals surface area contributed by atoms with E-state index in [1.54, 1.807) is 42.6 Å². The molecule has 2 atom stereocenters. The number of nitrogens with zero attached hydrogens (tertiary/aromatic N) is 1. The van der Waals surface area contributed by atoms with Gasteiger partial charge in [0.1, 0.15) is 0 Å². The average Bonchev–Trinajstić information content (AvgIpc) is 2.64. The van der Waals surface area contributed by atoms with E-state index in [4.69, 9.17) is 0 Å². The molecule has 2 aromatic rings. The van der Waals surface area contributed by atoms with E-state index in [1.807, 2.05) is 0 Å². The van der Waals surface area contributed by atoms with Crippen molar-refractivity contribution in [1.82, 2.24) is 15.6 Å². The molecule has 1 aliphatic heterocycles. The van der Waals surface area contributed by atoms with Gasteiger partial charge in [0.2, 0.25) is 0 Å². The highest BCUT2D eigenvalue weighted by molar-refractivity contribution is 6.04. The van der Waals surface area contributed by atoms with Crippen molar-refractivity contribution in [3.63, 3.8) is 0 Å². The molecule has 0 spiro atoms. The zero-order chi connectivity index (χ0) is 17.6. The van der Waals surface area contributed by atoms with Crippen molar-refractivity contribution in [3.05, 3.63) is 59.9 Å². The van der Waals surface area contributed by atoms with Crippen LogP contribution >= 0.6 is 0 Å². The number of hydrogen-bond acceptors (Lipinski definition) is 4. The van der Waals surface area contributed by atoms with Crippen LogP contribution in [0.1, 0.15) is 40.5 Å². The summed E-state index contributed by atoms with van der Waals surface area (Å²) >= 11 is 0. The van der Waals surface area contributed by atoms with Crippen LogP contribution in [-0.2, 0) is 0 Å². The summed E-state index contributed by atoms with van der Waals surface area (Å²) in [6.07, 6.45) is 5.14. The Morgan fingerprint density at radius 2 is 2.00 bits per heavy atom. The molecule has 2 unspecified atom stereocenters. The standard InChI is InChI=1S/C19H22N4O2/c1-13-17(8-4-10-21-13)23-18(24)14-5-2-7-16(11-14)22-19(25)15-6-3-9-20-12-15/h2-3,5-7,9,11-13,17,21H,4,8,10H2,1H3,(H,22,25)(H,23,24). The maximum absolute atomic E-state index is 12.5. The summed E-state index contributed by atoms with van der Waals surface area (Å²) in [5.41, 5.74) is 1.58. The molecule has 2 amide bonds. The Morgan fingerprint density at radius 1 is 1.16 bits per heavy atom. The van der Waals surface area contributed by atoms with Gasteiger partial charge in [0.05, 0.1) is 5.56 Å². The van der Waals surface area contributed by atoms with Gasteiger partial charge >= 0.3 is 0 Å². The largest absolute Gasteiger partial charge is 0.348 e. The molecule has 1 saturated heterocycles. The summed E-state index contributed by atoms with van der Waals surface area (Å²) in [6, 6.07) is 10.7. The molecule has 0 aliphatic carbocycles. The van der Waals surface area contributed by atoms with Crippen molar-refractivity contribution in [2.24, 2.45) is 0 Å². The lowest BCUT2D eigenvalue weighted by Crippen LogP contribution is -2.51. The lowest BCUT2D eigenvalue weighted by Gasteiger charge is -2.30. The van der Waals surface area contributed by atoms with Gasteiger partial charge in [-0.15, -0.1) is 0 Å². The Balaban J connectivity index is 1.66. The minimum Gasteiger partial charge on any atom is -0.348 e. The van der Waals surface area contributed by atoms with Gasteiger partial charge < -0.3 is 16.0 Å². The number of piperidine rings is 1. The van der Waals surface area contributed by atoms with Gasteiger partial charge in [0, 0.05) is 35.7 Å². The second-order valence-electron chi connectivity index (χ2n) is 6.24. The fourth-order valence-corrected chi connectivity index (χ4v) is 2.93. The van der Waals surface area contributed by atoms with Gasteiger partial charge in [0.25, 0.3) is 11.8 Å². The smallest absolute Gasteiger partial charge is 0.257 e. The van der Waals surface area contributed by atoms with Crippen LogP contribution in [-0.4, -0.2) is 35.4 Å². The molecular formula is C19H22N4O2. The Hall–Kier alpha value is -2.73. The molecule has 6 nitrogen and oxygen atoms in total. The SMILES string of the molecule is CC1NCCCC1NC(=O)c1cccc(NC(=O)c2cccnc2)c1. The predicted molar refractivity (Wildman–Crippen MR) is 96.6 cm³/mol. The average molecular weight is 338 g/mol. The summed E-state index contributed by atoms with van der Waals surface area (Å²) in [4.78, 5) is 28.6. The van der Waals surface area contributed by atoms with Crippen LogP contribution in [0.3, 0.4) is 0 Å². The summed E-state index contributed by atoms with van der Waals surface area (Å²) in [6.45, 7) is 3.07. The van der Waals surface area contributed by atoms with Crippen molar-refractivity contribution >= 4 is 17.5 Å². The van der Waals surface area contributed by atoms with E-state index in [-0.39, 0.29) is 23.9 Å². The number of carbonyl (C=O) groups excluding carboxylic acids is 2. The van der Waals surface area contributed by atoms with E-state index in [9.17, 15) is 9.59 Å². The van der Waals surface area contributed by atoms with E-state index in [2.05, 4.69) is 27.9 Å². The Kier molecular flexibility index (Phi) is 5.40. The number of hydrogen-bond donors (Lipinski definition) is 3. The number of pyridine rings is 1. The first kappa shape index (κ1) is 17.1. The van der Waals surface area contributed by atoms with E-state index in [0.29, 0.717) is 16.8 Å². The van der Waals surface area contributed by atoms with Crippen LogP contribution < -0.4 is 16.0 Å². The number of benzene rings is 1. The number of rotatable bonds is 4. The molecule has 1 aromatic heterocycles. The van der Waals surface area contributed by atoms with E-state index < -0.39 is 0 Å². The fourth-order valence-electron chi connectivity index (χ4n) is 2.93. The van der Waals surface area contributed by atoms with Crippen molar-refractivity contribution in [2.75, 3.05) is 11.9 Å². The molecule has 0 saturated carbocycles. The van der Waals surface area contributed by atoms with Gasteiger partial charge in [-0.05, 0) is 56.6 Å². The van der Waals surface area contributed by atoms with E-state index in [1.165, 1.54) is 6.20 Å². The van der Waals surface area contributed by atoms with E-state index in [0.717, 1.165) is 19.4 Å². The molecule has 130 valence electrons. The third-order valence-corrected chi connectivity index (χ3v) is 4.38. The number of amides is 2. The minimum absolute atomic E-state index is 0.120. The normalized spacial score (nSPS) is 19.9. The van der Waals surface area contributed by atoms with Gasteiger partial charge in [-0.25, -0.2) is 0 Å². The second-order valence-corrected chi connectivity index (χ2v) is 6.24. The highest BCUT2D eigenvalue weighted by Gasteiger charge is 2.22. The number of anilines is 1. The molecule has 3 rings (SSSR count). The topological polar surface area (TPSA) is 83.1 Å². The molecular weight excluding hydrogens is 316 g/mol. The first-order valence-corrected chi connectivity index (χ1v) is 8.49. The molecule has 1 aliphatic rings. The molecule has 1 fully saturated rings. The molecule has 6 heteroatoms. The third-order valence-electron chi connectivity index (χ3n) is 4.38. The van der Waals surface area contributed by atoms with Crippen LogP contribution in [0.2, 0.25) is 0 Å². The van der Waals surface area contributed by atoms with Gasteiger partial charge in [-0.3, -0.25) is 14.6 Å². The zero-order valence-corrected chi connectivity index (χ0v) is 14.2. The van der Waals surface area contributed by atoms with Crippen molar-refractivity contribution in [2.45, 2.75) is 31.8 Å². The van der Waals surface area contributed by atoms with Crippen LogP contribution in [0.5, 0.6) is 0 Å². The van der Waals surface area contributed by atoms with Crippen LogP contribution in [0, 0.1) is 0 Å². The molecule has 0 radical (unpaired) electrons. The lowest BCUT2D eigenvalue weighted by atomic mass is 9.99. The van der Waals surface area contributed by atoms with E-state index >= 15 is 0 Å². The molecule has 3 N–H and O–H groups in total. The van der Waals surface area contributed by atoms with Gasteiger partial charge in [0.15, 0.2) is 0 Å². The molecule has 25 heavy (non-hydrogen) atoms. The summed E-state index contributed by atoms with van der Waals surface area (Å²) < 4.78 is 0. The maximum atomic E-state index is 12.5. The highest BCUT2D eigenvalue weighted by Crippen LogP contribution is 2.14. The Bertz CT molecular complexity index is 748. The van der Waals surface area contributed by atoms with Crippen LogP contribution in [0.4, 0.5) is 5.69 Å². The zero-order valence-electron chi connectivity index (χ0n) is 14.2.